The van der Waals surface area contributed by atoms with Gasteiger partial charge in [0.1, 0.15) is 22.8 Å². The predicted molar refractivity (Wildman–Crippen MR) is 120 cm³/mol. The summed E-state index contributed by atoms with van der Waals surface area (Å²) in [5, 5.41) is -0.181. The minimum atomic E-state index is -5.03. The van der Waals surface area contributed by atoms with Crippen molar-refractivity contribution in [3.63, 3.8) is 0 Å². The van der Waals surface area contributed by atoms with Crippen molar-refractivity contribution in [3.8, 4) is 23.0 Å². The number of hydrogen-bond donors (Lipinski definition) is 0. The van der Waals surface area contributed by atoms with Crippen LogP contribution in [0.2, 0.25) is 0 Å². The van der Waals surface area contributed by atoms with Crippen LogP contribution in [0.25, 0.3) is 11.0 Å². The molecule has 0 bridgehead atoms. The first-order valence-corrected chi connectivity index (χ1v) is 10.4. The summed E-state index contributed by atoms with van der Waals surface area (Å²) in [6.45, 7) is 0. The number of carbonyl (C=O) groups excluding carboxylic acids is 1. The Morgan fingerprint density at radius 2 is 1.53 bits per heavy atom. The van der Waals surface area contributed by atoms with E-state index in [1.165, 1.54) is 55.6 Å². The van der Waals surface area contributed by atoms with Crippen LogP contribution in [-0.4, -0.2) is 13.1 Å². The molecule has 0 saturated heterocycles. The van der Waals surface area contributed by atoms with Crippen molar-refractivity contribution >= 4 is 32.9 Å². The van der Waals surface area contributed by atoms with Crippen LogP contribution in [0.1, 0.15) is 16.1 Å². The van der Waals surface area contributed by atoms with Gasteiger partial charge in [-0.1, -0.05) is 15.9 Å². The summed E-state index contributed by atoms with van der Waals surface area (Å²) < 4.78 is 62.4. The lowest BCUT2D eigenvalue weighted by atomic mass is 10.2. The number of alkyl halides is 3. The van der Waals surface area contributed by atoms with E-state index in [0.29, 0.717) is 5.75 Å². The normalized spacial score (nSPS) is 11.3. The summed E-state index contributed by atoms with van der Waals surface area (Å²) in [7, 11) is 1.43. The molecule has 34 heavy (non-hydrogen) atoms. The average Bonchev–Trinajstić information content (AvgIpc) is 2.81. The Labute approximate surface area is 198 Å². The molecule has 4 rings (SSSR count). The molecule has 0 aliphatic carbocycles. The third-order valence-electron chi connectivity index (χ3n) is 4.65. The second-order valence-corrected chi connectivity index (χ2v) is 7.83. The number of fused-ring (bicyclic) bond motifs is 1. The van der Waals surface area contributed by atoms with Gasteiger partial charge in [0.15, 0.2) is 0 Å². The first kappa shape index (κ1) is 23.4. The number of methoxy groups -OCH3 is 1. The number of halogens is 4. The molecule has 0 aliphatic heterocycles. The van der Waals surface area contributed by atoms with E-state index in [0.717, 1.165) is 10.5 Å². The molecule has 0 radical (unpaired) electrons. The highest BCUT2D eigenvalue weighted by Gasteiger charge is 2.40. The van der Waals surface area contributed by atoms with Gasteiger partial charge in [0.05, 0.1) is 18.1 Å². The maximum absolute atomic E-state index is 13.7. The van der Waals surface area contributed by atoms with Gasteiger partial charge in [0.25, 0.3) is 5.76 Å². The van der Waals surface area contributed by atoms with Gasteiger partial charge in [0.2, 0.25) is 11.2 Å². The Kier molecular flexibility index (Phi) is 6.34. The van der Waals surface area contributed by atoms with Crippen molar-refractivity contribution in [2.75, 3.05) is 7.11 Å². The Hall–Kier alpha value is -3.79. The summed E-state index contributed by atoms with van der Waals surface area (Å²) in [5.74, 6) is -3.01. The zero-order valence-electron chi connectivity index (χ0n) is 17.3. The van der Waals surface area contributed by atoms with Gasteiger partial charge in [-0.25, -0.2) is 4.79 Å². The van der Waals surface area contributed by atoms with E-state index in [1.807, 2.05) is 0 Å². The van der Waals surface area contributed by atoms with E-state index in [2.05, 4.69) is 15.9 Å². The van der Waals surface area contributed by atoms with E-state index in [4.69, 9.17) is 18.6 Å². The number of ether oxygens (including phenoxy) is 3. The molecule has 4 aromatic rings. The van der Waals surface area contributed by atoms with Crippen LogP contribution in [0.15, 0.2) is 80.4 Å². The first-order chi connectivity index (χ1) is 16.2. The summed E-state index contributed by atoms with van der Waals surface area (Å²) in [6, 6.07) is 15.5. The molecule has 0 N–H and O–H groups in total. The number of hydrogen-bond acceptors (Lipinski definition) is 6. The molecule has 1 aromatic heterocycles. The van der Waals surface area contributed by atoms with Gasteiger partial charge in [-0.2, -0.15) is 13.2 Å². The monoisotopic (exact) mass is 534 g/mol. The number of carbonyl (C=O) groups is 1. The maximum Gasteiger partial charge on any atom is 0.453 e. The highest BCUT2D eigenvalue weighted by Crippen LogP contribution is 2.39. The number of esters is 1. The summed E-state index contributed by atoms with van der Waals surface area (Å²) in [5.41, 5.74) is -1.22. The van der Waals surface area contributed by atoms with E-state index in [1.54, 1.807) is 12.1 Å². The van der Waals surface area contributed by atoms with Crippen LogP contribution in [0, 0.1) is 0 Å². The lowest BCUT2D eigenvalue weighted by molar-refractivity contribution is -0.154. The molecule has 0 amide bonds. The standard InChI is InChI=1S/C24H14BrF3O6/c1-31-15-6-8-16(9-7-15)32-21-20(29)18-11-10-17(12-19(18)34-22(21)24(26,27)28)33-23(30)13-2-4-14(25)5-3-13/h2-12H,1H3. The fraction of sp³-hybridized carbons (Fsp3) is 0.0833. The summed E-state index contributed by atoms with van der Waals surface area (Å²) in [6.07, 6.45) is -5.03. The van der Waals surface area contributed by atoms with Crippen LogP contribution in [0.3, 0.4) is 0 Å². The van der Waals surface area contributed by atoms with E-state index in [-0.39, 0.29) is 22.4 Å². The lowest BCUT2D eigenvalue weighted by Crippen LogP contribution is -2.15. The molecule has 6 nitrogen and oxygen atoms in total. The van der Waals surface area contributed by atoms with Crippen molar-refractivity contribution in [1.82, 2.24) is 0 Å². The second-order valence-electron chi connectivity index (χ2n) is 6.92. The third-order valence-corrected chi connectivity index (χ3v) is 5.18. The van der Waals surface area contributed by atoms with Gasteiger partial charge < -0.3 is 18.6 Å². The zero-order valence-corrected chi connectivity index (χ0v) is 18.9. The van der Waals surface area contributed by atoms with Crippen molar-refractivity contribution in [2.45, 2.75) is 6.18 Å². The smallest absolute Gasteiger partial charge is 0.453 e. The van der Waals surface area contributed by atoms with Gasteiger partial charge in [0, 0.05) is 10.5 Å². The molecule has 0 saturated carbocycles. The molecule has 0 spiro atoms. The molecule has 1 heterocycles. The topological polar surface area (TPSA) is 75.0 Å². The molecule has 3 aromatic carbocycles. The molecule has 0 aliphatic rings. The molecule has 0 unspecified atom stereocenters. The highest BCUT2D eigenvalue weighted by molar-refractivity contribution is 9.10. The Morgan fingerprint density at radius 3 is 2.15 bits per heavy atom. The highest BCUT2D eigenvalue weighted by atomic mass is 79.9. The maximum atomic E-state index is 13.7. The quantitative estimate of drug-likeness (QED) is 0.212. The van der Waals surface area contributed by atoms with Crippen molar-refractivity contribution in [3.05, 3.63) is 92.7 Å². The first-order valence-electron chi connectivity index (χ1n) is 9.63. The largest absolute Gasteiger partial charge is 0.497 e. The minimum Gasteiger partial charge on any atom is -0.497 e. The Bertz CT molecular complexity index is 1410. The van der Waals surface area contributed by atoms with E-state index in [9.17, 15) is 22.8 Å². The molecular weight excluding hydrogens is 521 g/mol. The second kappa shape index (κ2) is 9.22. The van der Waals surface area contributed by atoms with Crippen LogP contribution in [0.5, 0.6) is 23.0 Å². The van der Waals surface area contributed by atoms with Crippen molar-refractivity contribution in [2.24, 2.45) is 0 Å². The molecule has 0 atom stereocenters. The van der Waals surface area contributed by atoms with Gasteiger partial charge in [-0.15, -0.1) is 0 Å². The molecule has 10 heteroatoms. The van der Waals surface area contributed by atoms with Crippen LogP contribution < -0.4 is 19.6 Å². The SMILES string of the molecule is COc1ccc(Oc2c(C(F)(F)F)oc3cc(OC(=O)c4ccc(Br)cc4)ccc3c2=O)cc1. The van der Waals surface area contributed by atoms with E-state index >= 15 is 0 Å². The van der Waals surface area contributed by atoms with Crippen molar-refractivity contribution < 1.29 is 36.6 Å². The van der Waals surface area contributed by atoms with E-state index < -0.39 is 34.7 Å². The minimum absolute atomic E-state index is 0.0157. The molecule has 0 fully saturated rings. The molecule has 174 valence electrons. The third kappa shape index (κ3) is 4.91. The van der Waals surface area contributed by atoms with Crippen molar-refractivity contribution in [1.29, 1.82) is 0 Å². The predicted octanol–water partition coefficient (Wildman–Crippen LogP) is 6.59. The fourth-order valence-corrected chi connectivity index (χ4v) is 3.28. The van der Waals surface area contributed by atoms with Crippen LogP contribution in [-0.2, 0) is 6.18 Å². The number of benzene rings is 3. The molecular formula is C24H14BrF3O6. The fourth-order valence-electron chi connectivity index (χ4n) is 3.01. The zero-order chi connectivity index (χ0) is 24.5. The van der Waals surface area contributed by atoms with Gasteiger partial charge >= 0.3 is 12.1 Å². The average molecular weight is 535 g/mol. The van der Waals surface area contributed by atoms with Gasteiger partial charge in [-0.05, 0) is 60.7 Å². The Morgan fingerprint density at radius 1 is 0.912 bits per heavy atom. The van der Waals surface area contributed by atoms with Crippen LogP contribution >= 0.6 is 15.9 Å². The van der Waals surface area contributed by atoms with Gasteiger partial charge in [-0.3, -0.25) is 4.79 Å². The number of rotatable bonds is 5. The van der Waals surface area contributed by atoms with Crippen LogP contribution in [0.4, 0.5) is 13.2 Å². The summed E-state index contributed by atoms with van der Waals surface area (Å²) >= 11 is 3.25. The summed E-state index contributed by atoms with van der Waals surface area (Å²) in [4.78, 5) is 25.2. The lowest BCUT2D eigenvalue weighted by Gasteiger charge is -2.14. The Balaban J connectivity index is 1.73.